The van der Waals surface area contributed by atoms with Crippen molar-refractivity contribution in [3.8, 4) is 23.1 Å². The number of fused-ring (bicyclic) bond motifs is 1. The fourth-order valence-electron chi connectivity index (χ4n) is 3.47. The van der Waals surface area contributed by atoms with E-state index in [1.807, 2.05) is 61.0 Å². The monoisotopic (exact) mass is 405 g/mol. The summed E-state index contributed by atoms with van der Waals surface area (Å²) in [5.74, 6) is 2.94. The average Bonchev–Trinajstić information content (AvgIpc) is 3.10. The molecular formula is C22H23N5O3. The molecule has 0 fully saturated rings. The summed E-state index contributed by atoms with van der Waals surface area (Å²) in [5, 5.41) is 18.7. The molecule has 154 valence electrons. The molecule has 2 aromatic carbocycles. The van der Waals surface area contributed by atoms with E-state index < -0.39 is 0 Å². The lowest BCUT2D eigenvalue weighted by Gasteiger charge is -2.16. The fourth-order valence-corrected chi connectivity index (χ4v) is 3.47. The zero-order chi connectivity index (χ0) is 21.3. The largest absolute Gasteiger partial charge is 0.493 e. The minimum atomic E-state index is 0.529. The maximum atomic E-state index is 5.44. The van der Waals surface area contributed by atoms with Crippen molar-refractivity contribution >= 4 is 22.3 Å². The molecule has 0 spiro atoms. The number of benzene rings is 2. The molecule has 0 saturated carbocycles. The molecule has 4 aromatic rings. The summed E-state index contributed by atoms with van der Waals surface area (Å²) in [6.45, 7) is 3.96. The molecule has 1 N–H and O–H groups in total. The van der Waals surface area contributed by atoms with E-state index in [1.165, 1.54) is 0 Å². The molecule has 0 unspecified atom stereocenters. The number of hydrogen-bond donors (Lipinski definition) is 1. The van der Waals surface area contributed by atoms with Gasteiger partial charge < -0.3 is 19.5 Å². The Labute approximate surface area is 174 Å². The number of anilines is 2. The molecular weight excluding hydrogens is 382 g/mol. The van der Waals surface area contributed by atoms with Crippen molar-refractivity contribution in [1.29, 1.82) is 0 Å². The van der Waals surface area contributed by atoms with E-state index in [0.717, 1.165) is 27.8 Å². The second-order valence-electron chi connectivity index (χ2n) is 6.80. The van der Waals surface area contributed by atoms with E-state index in [2.05, 4.69) is 20.6 Å². The zero-order valence-corrected chi connectivity index (χ0v) is 17.6. The van der Waals surface area contributed by atoms with Gasteiger partial charge in [0.05, 0.1) is 27.0 Å². The summed E-state index contributed by atoms with van der Waals surface area (Å²) >= 11 is 0. The average molecular weight is 405 g/mol. The number of aromatic nitrogens is 4. The number of hydrogen-bond acceptors (Lipinski definition) is 7. The number of nitrogens with one attached hydrogen (secondary N) is 1. The second kappa shape index (κ2) is 7.90. The van der Waals surface area contributed by atoms with Gasteiger partial charge in [-0.25, -0.2) is 4.68 Å². The van der Waals surface area contributed by atoms with Gasteiger partial charge in [-0.15, -0.1) is 10.2 Å². The van der Waals surface area contributed by atoms with E-state index in [4.69, 9.17) is 14.2 Å². The normalized spacial score (nSPS) is 10.8. The van der Waals surface area contributed by atoms with Crippen LogP contribution in [0, 0.1) is 13.8 Å². The lowest BCUT2D eigenvalue weighted by atomic mass is 10.1. The van der Waals surface area contributed by atoms with Crippen molar-refractivity contribution in [2.24, 2.45) is 0 Å². The summed E-state index contributed by atoms with van der Waals surface area (Å²) in [6.07, 6.45) is 0. The van der Waals surface area contributed by atoms with Crippen molar-refractivity contribution in [3.05, 3.63) is 53.9 Å². The molecule has 8 heteroatoms. The highest BCUT2D eigenvalue weighted by Gasteiger charge is 2.16. The van der Waals surface area contributed by atoms with Gasteiger partial charge in [0.15, 0.2) is 23.1 Å². The molecule has 0 amide bonds. The van der Waals surface area contributed by atoms with Crippen LogP contribution in [0.4, 0.5) is 11.5 Å². The third-order valence-electron chi connectivity index (χ3n) is 4.81. The Morgan fingerprint density at radius 2 is 1.50 bits per heavy atom. The molecule has 0 saturated heterocycles. The Kier molecular flexibility index (Phi) is 5.14. The Morgan fingerprint density at radius 1 is 0.833 bits per heavy atom. The molecule has 0 aliphatic heterocycles. The maximum absolute atomic E-state index is 5.44. The summed E-state index contributed by atoms with van der Waals surface area (Å²) < 4.78 is 18.1. The summed E-state index contributed by atoms with van der Waals surface area (Å²) in [6, 6.07) is 13.6. The number of rotatable bonds is 6. The van der Waals surface area contributed by atoms with Crippen molar-refractivity contribution in [2.45, 2.75) is 13.8 Å². The smallest absolute Gasteiger partial charge is 0.203 e. The molecule has 0 bridgehead atoms. The number of methoxy groups -OCH3 is 3. The van der Waals surface area contributed by atoms with E-state index in [9.17, 15) is 0 Å². The summed E-state index contributed by atoms with van der Waals surface area (Å²) in [4.78, 5) is 0. The molecule has 0 aliphatic rings. The number of aryl methyl sites for hydroxylation is 2. The Bertz CT molecular complexity index is 1190. The molecule has 0 atom stereocenters. The molecule has 0 radical (unpaired) electrons. The number of nitrogens with zero attached hydrogens (tertiary/aromatic N) is 4. The number of ether oxygens (including phenoxy) is 3. The first-order chi connectivity index (χ1) is 14.5. The lowest BCUT2D eigenvalue weighted by Crippen LogP contribution is -2.07. The fraction of sp³-hybridized carbons (Fsp3) is 0.227. The predicted molar refractivity (Wildman–Crippen MR) is 116 cm³/mol. The van der Waals surface area contributed by atoms with Crippen LogP contribution in [-0.2, 0) is 0 Å². The van der Waals surface area contributed by atoms with Crippen LogP contribution in [0.2, 0.25) is 0 Å². The third-order valence-corrected chi connectivity index (χ3v) is 4.81. The van der Waals surface area contributed by atoms with Gasteiger partial charge in [0, 0.05) is 34.3 Å². The SMILES string of the molecule is COc1cc(Nc2nnc(-n3nc(C)cc3C)c3ccccc23)cc(OC)c1OC. The van der Waals surface area contributed by atoms with E-state index in [-0.39, 0.29) is 0 Å². The molecule has 2 aromatic heterocycles. The predicted octanol–water partition coefficient (Wildman–Crippen LogP) is 4.20. The van der Waals surface area contributed by atoms with Gasteiger partial charge in [-0.05, 0) is 19.9 Å². The van der Waals surface area contributed by atoms with Gasteiger partial charge in [-0.3, -0.25) is 0 Å². The van der Waals surface area contributed by atoms with Gasteiger partial charge in [0.1, 0.15) is 0 Å². The van der Waals surface area contributed by atoms with Crippen LogP contribution in [0.25, 0.3) is 16.6 Å². The van der Waals surface area contributed by atoms with Crippen molar-refractivity contribution in [3.63, 3.8) is 0 Å². The van der Waals surface area contributed by atoms with Crippen LogP contribution in [0.15, 0.2) is 42.5 Å². The summed E-state index contributed by atoms with van der Waals surface area (Å²) in [5.41, 5.74) is 2.66. The van der Waals surface area contributed by atoms with Crippen molar-refractivity contribution in [2.75, 3.05) is 26.6 Å². The van der Waals surface area contributed by atoms with E-state index in [1.54, 1.807) is 21.3 Å². The first-order valence-electron chi connectivity index (χ1n) is 9.41. The molecule has 30 heavy (non-hydrogen) atoms. The van der Waals surface area contributed by atoms with Gasteiger partial charge in [-0.2, -0.15) is 5.10 Å². The van der Waals surface area contributed by atoms with E-state index >= 15 is 0 Å². The highest BCUT2D eigenvalue weighted by atomic mass is 16.5. The highest BCUT2D eigenvalue weighted by Crippen LogP contribution is 2.41. The Balaban J connectivity index is 1.82. The lowest BCUT2D eigenvalue weighted by molar-refractivity contribution is 0.324. The highest BCUT2D eigenvalue weighted by molar-refractivity contribution is 5.97. The summed E-state index contributed by atoms with van der Waals surface area (Å²) in [7, 11) is 4.74. The first-order valence-corrected chi connectivity index (χ1v) is 9.41. The van der Waals surface area contributed by atoms with Crippen LogP contribution >= 0.6 is 0 Å². The van der Waals surface area contributed by atoms with Crippen molar-refractivity contribution < 1.29 is 14.2 Å². The van der Waals surface area contributed by atoms with Crippen LogP contribution in [-0.4, -0.2) is 41.3 Å². The van der Waals surface area contributed by atoms with Gasteiger partial charge in [0.25, 0.3) is 0 Å². The van der Waals surface area contributed by atoms with Gasteiger partial charge in [0.2, 0.25) is 5.75 Å². The first kappa shape index (κ1) is 19.5. The van der Waals surface area contributed by atoms with Crippen molar-refractivity contribution in [1.82, 2.24) is 20.0 Å². The van der Waals surface area contributed by atoms with E-state index in [0.29, 0.717) is 28.9 Å². The minimum Gasteiger partial charge on any atom is -0.493 e. The van der Waals surface area contributed by atoms with Gasteiger partial charge in [-0.1, -0.05) is 24.3 Å². The Morgan fingerprint density at radius 3 is 2.07 bits per heavy atom. The van der Waals surface area contributed by atoms with Crippen LogP contribution in [0.1, 0.15) is 11.4 Å². The van der Waals surface area contributed by atoms with Crippen LogP contribution in [0.3, 0.4) is 0 Å². The molecule has 0 aliphatic carbocycles. The maximum Gasteiger partial charge on any atom is 0.203 e. The minimum absolute atomic E-state index is 0.529. The second-order valence-corrected chi connectivity index (χ2v) is 6.80. The standard InChI is InChI=1S/C22H23N5O3/c1-13-10-14(2)27(26-13)22-17-9-7-6-8-16(17)21(24-25-22)23-15-11-18(28-3)20(30-5)19(12-15)29-4/h6-12H,1-5H3,(H,23,24). The van der Waals surface area contributed by atoms with Crippen LogP contribution in [0.5, 0.6) is 17.2 Å². The third kappa shape index (κ3) is 3.36. The van der Waals surface area contributed by atoms with Gasteiger partial charge >= 0.3 is 0 Å². The quantitative estimate of drug-likeness (QED) is 0.515. The molecule has 8 nitrogen and oxygen atoms in total. The Hall–Kier alpha value is -3.81. The topological polar surface area (TPSA) is 83.3 Å². The van der Waals surface area contributed by atoms with Crippen LogP contribution < -0.4 is 19.5 Å². The molecule has 2 heterocycles. The zero-order valence-electron chi connectivity index (χ0n) is 17.6. The molecule has 4 rings (SSSR count).